The smallest absolute Gasteiger partial charge is 0.387 e. The van der Waals surface area contributed by atoms with E-state index < -0.39 is 94.0 Å². The van der Waals surface area contributed by atoms with Gasteiger partial charge in [0, 0.05) is 12.8 Å². The molecule has 3 saturated heterocycles. The van der Waals surface area contributed by atoms with E-state index in [9.17, 15) is 28.8 Å². The van der Waals surface area contributed by atoms with Gasteiger partial charge in [-0.25, -0.2) is 29.1 Å². The highest BCUT2D eigenvalue weighted by atomic mass is 31.2. The zero-order valence-corrected chi connectivity index (χ0v) is 28.4. The molecule has 23 nitrogen and oxygen atoms in total. The number of ether oxygens (including phenoxy) is 3. The minimum atomic E-state index is -5.07. The number of nitrogens with two attached hydrogens (primary N) is 2. The third kappa shape index (κ3) is 5.18. The number of H-pyrrole nitrogens is 1. The minimum absolute atomic E-state index is 0.0231. The van der Waals surface area contributed by atoms with Crippen molar-refractivity contribution < 1.29 is 56.3 Å². The zero-order valence-electron chi connectivity index (χ0n) is 26.7. The molecule has 9 rings (SSSR count). The summed E-state index contributed by atoms with van der Waals surface area (Å²) >= 11 is 0. The molecule has 0 amide bonds. The summed E-state index contributed by atoms with van der Waals surface area (Å²) in [6.07, 6.45) is -6.01. The van der Waals surface area contributed by atoms with Gasteiger partial charge in [-0.05, 0) is 13.8 Å². The second-order valence-electron chi connectivity index (χ2n) is 13.4. The summed E-state index contributed by atoms with van der Waals surface area (Å²) in [6, 6.07) is -0.735. The molecule has 4 aromatic rings. The number of aromatic amines is 1. The quantitative estimate of drug-likeness (QED) is 0.142. The lowest BCUT2D eigenvalue weighted by atomic mass is 10.0. The molecule has 51 heavy (non-hydrogen) atoms. The fourth-order valence-electron chi connectivity index (χ4n) is 7.47. The molecular formula is C26H32N10O13P2. The highest BCUT2D eigenvalue weighted by Crippen LogP contribution is 2.71. The number of phosphoric acid groups is 2. The van der Waals surface area contributed by atoms with E-state index >= 15 is 0 Å². The van der Waals surface area contributed by atoms with Crippen molar-refractivity contribution in [1.29, 1.82) is 0 Å². The van der Waals surface area contributed by atoms with Crippen LogP contribution in [0.3, 0.4) is 0 Å². The second kappa shape index (κ2) is 11.0. The monoisotopic (exact) mass is 754 g/mol. The minimum Gasteiger partial charge on any atom is -0.387 e. The fourth-order valence-corrected chi connectivity index (χ4v) is 9.64. The molecule has 274 valence electrons. The Balaban J connectivity index is 1.07. The standard InChI is InChI=1S/C26H32N10O13P2/c1-9(2)44-16-15-10(45-23(16)36-8-31-13-19(27)29-6-30-20(13)36)5-43-50(39,40)48-18-17(37)26(4-12(26)46-51(41,42)47-15)49-25(18)3-11(25)35-7-32-14-21(35)33-24(28)34-22(14)38/h6-12,15-18,23,37H,3-5H2,1-2H3,(H,39,40)(H,41,42)(H2,27,29,30)(H3,28,33,34,38)/t10-,11?,12?,15-,16-,17+,18-,23-,25?,26?/m1/s1. The summed E-state index contributed by atoms with van der Waals surface area (Å²) in [4.78, 5) is 57.8. The van der Waals surface area contributed by atoms with Gasteiger partial charge in [0.15, 0.2) is 28.9 Å². The summed E-state index contributed by atoms with van der Waals surface area (Å²) in [7, 11) is -10.1. The molecule has 4 aromatic heterocycles. The Hall–Kier alpha value is -3.44. The summed E-state index contributed by atoms with van der Waals surface area (Å²) < 4.78 is 71.5. The average Bonchev–Trinajstić information content (AvgIpc) is 3.62. The lowest BCUT2D eigenvalue weighted by Crippen LogP contribution is -2.39. The van der Waals surface area contributed by atoms with Crippen molar-refractivity contribution in [3.63, 3.8) is 0 Å². The van der Waals surface area contributed by atoms with Crippen LogP contribution in [0.15, 0.2) is 23.8 Å². The van der Waals surface area contributed by atoms with E-state index in [1.54, 1.807) is 13.8 Å². The molecule has 6 unspecified atom stereocenters. The van der Waals surface area contributed by atoms with Gasteiger partial charge in [-0.3, -0.25) is 32.4 Å². The Labute approximate surface area is 285 Å². The number of anilines is 2. The van der Waals surface area contributed by atoms with E-state index in [1.165, 1.54) is 28.1 Å². The molecule has 8 N–H and O–H groups in total. The number of hydrogen-bond donors (Lipinski definition) is 6. The Morgan fingerprint density at radius 2 is 1.76 bits per heavy atom. The lowest BCUT2D eigenvalue weighted by Gasteiger charge is -2.28. The van der Waals surface area contributed by atoms with Crippen LogP contribution in [0.1, 0.15) is 39.0 Å². The Kier molecular flexibility index (Phi) is 7.23. The van der Waals surface area contributed by atoms with Crippen LogP contribution in [0.2, 0.25) is 0 Å². The number of fused-ring (bicyclic) bond motifs is 5. The highest BCUT2D eigenvalue weighted by molar-refractivity contribution is 7.47. The maximum Gasteiger partial charge on any atom is 0.473 e. The Bertz CT molecular complexity index is 2230. The van der Waals surface area contributed by atoms with Crippen molar-refractivity contribution in [3.05, 3.63) is 29.3 Å². The molecule has 0 radical (unpaired) electrons. The highest BCUT2D eigenvalue weighted by Gasteiger charge is 2.82. The summed E-state index contributed by atoms with van der Waals surface area (Å²) in [6.45, 7) is 2.72. The van der Waals surface area contributed by atoms with Gasteiger partial charge >= 0.3 is 15.6 Å². The van der Waals surface area contributed by atoms with Gasteiger partial charge in [-0.1, -0.05) is 0 Å². The number of aliphatic hydroxyl groups excluding tert-OH is 1. The Morgan fingerprint density at radius 1 is 1.00 bits per heavy atom. The second-order valence-corrected chi connectivity index (χ2v) is 16.1. The topological polar surface area (TPSA) is 319 Å². The van der Waals surface area contributed by atoms with Crippen LogP contribution in [0.25, 0.3) is 22.3 Å². The number of imidazole rings is 2. The number of nitrogens with zero attached hydrogens (tertiary/aromatic N) is 7. The van der Waals surface area contributed by atoms with Crippen LogP contribution in [0, 0.1) is 0 Å². The molecule has 0 aromatic carbocycles. The van der Waals surface area contributed by atoms with Crippen molar-refractivity contribution in [2.24, 2.45) is 0 Å². The molecule has 5 aliphatic rings. The maximum atomic E-state index is 13.7. The van der Waals surface area contributed by atoms with E-state index in [0.29, 0.717) is 0 Å². The van der Waals surface area contributed by atoms with Gasteiger partial charge in [0.25, 0.3) is 5.56 Å². The molecule has 2 bridgehead atoms. The number of hydrogen-bond acceptors (Lipinski definition) is 18. The molecular weight excluding hydrogens is 722 g/mol. The van der Waals surface area contributed by atoms with Crippen LogP contribution < -0.4 is 17.0 Å². The van der Waals surface area contributed by atoms with Crippen molar-refractivity contribution in [1.82, 2.24) is 39.0 Å². The summed E-state index contributed by atoms with van der Waals surface area (Å²) in [5.74, 6) is -0.0813. The molecule has 12 atom stereocenters. The van der Waals surface area contributed by atoms with Gasteiger partial charge in [-0.15, -0.1) is 0 Å². The van der Waals surface area contributed by atoms with Crippen LogP contribution in [-0.2, 0) is 41.4 Å². The van der Waals surface area contributed by atoms with Gasteiger partial charge in [0.1, 0.15) is 59.7 Å². The number of nitrogen functional groups attached to an aromatic ring is 2. The normalized spacial score (nSPS) is 42.1. The molecule has 5 fully saturated rings. The molecule has 2 saturated carbocycles. The predicted molar refractivity (Wildman–Crippen MR) is 167 cm³/mol. The van der Waals surface area contributed by atoms with Crippen molar-refractivity contribution >= 4 is 49.7 Å². The van der Waals surface area contributed by atoms with Crippen LogP contribution in [-0.4, -0.2) is 114 Å². The van der Waals surface area contributed by atoms with Crippen LogP contribution in [0.4, 0.5) is 11.8 Å². The first kappa shape index (κ1) is 33.4. The summed E-state index contributed by atoms with van der Waals surface area (Å²) in [5, 5.41) is 11.6. The Morgan fingerprint density at radius 3 is 2.55 bits per heavy atom. The van der Waals surface area contributed by atoms with Gasteiger partial charge in [-0.2, -0.15) is 4.98 Å². The van der Waals surface area contributed by atoms with Gasteiger partial charge < -0.3 is 45.1 Å². The number of nitrogens with one attached hydrogen (secondary N) is 1. The van der Waals surface area contributed by atoms with Gasteiger partial charge in [0.05, 0.1) is 31.4 Å². The van der Waals surface area contributed by atoms with E-state index in [1.807, 2.05) is 0 Å². The predicted octanol–water partition coefficient (Wildman–Crippen LogP) is -0.581. The summed E-state index contributed by atoms with van der Waals surface area (Å²) in [5.41, 5.74) is 8.58. The van der Waals surface area contributed by atoms with Crippen molar-refractivity contribution in [2.45, 2.75) is 92.9 Å². The van der Waals surface area contributed by atoms with Crippen molar-refractivity contribution in [2.75, 3.05) is 18.1 Å². The third-order valence-electron chi connectivity index (χ3n) is 9.78. The number of rotatable bonds is 4. The first-order valence-corrected chi connectivity index (χ1v) is 18.8. The first-order chi connectivity index (χ1) is 24.1. The molecule has 25 heteroatoms. The molecule has 2 aliphatic carbocycles. The lowest BCUT2D eigenvalue weighted by molar-refractivity contribution is -0.0907. The number of aliphatic hydroxyl groups is 1. The van der Waals surface area contributed by atoms with Gasteiger partial charge in [0.2, 0.25) is 5.95 Å². The SMILES string of the molecule is CC(C)O[C@@H]1[C@@H]2OP(=O)(O)OC3CC34OC3(CC3n3cnc5c(=O)[nH]c(N)nc53)[C@H](OP(=O)(O)OC[C@H]2O[C@H]1n1cnc2c(N)ncnc21)[C@@H]4O. The van der Waals surface area contributed by atoms with E-state index in [2.05, 4.69) is 29.9 Å². The first-order valence-electron chi connectivity index (χ1n) is 15.8. The fraction of sp³-hybridized carbons (Fsp3) is 0.615. The van der Waals surface area contributed by atoms with Crippen LogP contribution in [0.5, 0.6) is 0 Å². The van der Waals surface area contributed by atoms with Crippen molar-refractivity contribution in [3.8, 4) is 0 Å². The van der Waals surface area contributed by atoms with E-state index in [-0.39, 0.29) is 46.9 Å². The zero-order chi connectivity index (χ0) is 35.8. The van der Waals surface area contributed by atoms with E-state index in [4.69, 9.17) is 43.8 Å². The van der Waals surface area contributed by atoms with E-state index in [0.717, 1.165) is 0 Å². The number of aromatic nitrogens is 8. The van der Waals surface area contributed by atoms with Crippen LogP contribution >= 0.6 is 15.6 Å². The molecule has 2 spiro atoms. The number of phosphoric ester groups is 2. The molecule has 7 heterocycles. The average molecular weight is 755 g/mol. The molecule has 3 aliphatic heterocycles. The largest absolute Gasteiger partial charge is 0.473 e. The maximum absolute atomic E-state index is 13.7. The third-order valence-corrected chi connectivity index (χ3v) is 11.8.